The van der Waals surface area contributed by atoms with Gasteiger partial charge < -0.3 is 5.32 Å². The molecule has 1 aliphatic carbocycles. The Kier molecular flexibility index (Phi) is 5.58. The first-order valence-electron chi connectivity index (χ1n) is 7.76. The summed E-state index contributed by atoms with van der Waals surface area (Å²) in [6.07, 6.45) is 6.96. The van der Waals surface area contributed by atoms with Crippen LogP contribution in [0.1, 0.15) is 46.0 Å². The number of aromatic nitrogens is 1. The maximum atomic E-state index is 12.6. The largest absolute Gasteiger partial charge is 0.383 e. The number of nitrogens with one attached hydrogen (secondary N) is 2. The molecule has 0 bridgehead atoms. The molecule has 1 aromatic heterocycles. The molecular formula is C15H25N3O2S. The monoisotopic (exact) mass is 311 g/mol. The van der Waals surface area contributed by atoms with Gasteiger partial charge in [-0.05, 0) is 37.8 Å². The Morgan fingerprint density at radius 1 is 1.29 bits per heavy atom. The van der Waals surface area contributed by atoms with Crippen molar-refractivity contribution in [2.45, 2.75) is 57.0 Å². The highest BCUT2D eigenvalue weighted by Gasteiger charge is 2.28. The van der Waals surface area contributed by atoms with Crippen LogP contribution in [0, 0.1) is 5.92 Å². The van der Waals surface area contributed by atoms with E-state index in [2.05, 4.69) is 21.9 Å². The summed E-state index contributed by atoms with van der Waals surface area (Å²) >= 11 is 0. The molecule has 1 aromatic rings. The van der Waals surface area contributed by atoms with Crippen molar-refractivity contribution in [2.24, 2.45) is 5.92 Å². The average Bonchev–Trinajstić information content (AvgIpc) is 2.65. The van der Waals surface area contributed by atoms with Crippen LogP contribution < -0.4 is 10.0 Å². The Morgan fingerprint density at radius 2 is 2.05 bits per heavy atom. The summed E-state index contributed by atoms with van der Waals surface area (Å²) in [4.78, 5) is 4.07. The third-order valence-corrected chi connectivity index (χ3v) is 5.51. The molecule has 118 valence electrons. The van der Waals surface area contributed by atoms with E-state index in [9.17, 15) is 8.42 Å². The molecule has 0 amide bonds. The molecule has 0 aliphatic heterocycles. The molecule has 1 heterocycles. The fourth-order valence-electron chi connectivity index (χ4n) is 2.85. The van der Waals surface area contributed by atoms with Gasteiger partial charge in [-0.3, -0.25) is 0 Å². The second kappa shape index (κ2) is 7.22. The maximum absolute atomic E-state index is 12.6. The molecule has 2 unspecified atom stereocenters. The van der Waals surface area contributed by atoms with Crippen LogP contribution in [0.2, 0.25) is 0 Å². The summed E-state index contributed by atoms with van der Waals surface area (Å²) in [5.41, 5.74) is 0.564. The Hall–Kier alpha value is -1.14. The van der Waals surface area contributed by atoms with Gasteiger partial charge in [-0.15, -0.1) is 0 Å². The van der Waals surface area contributed by atoms with Gasteiger partial charge in [0.1, 0.15) is 0 Å². The molecule has 2 N–H and O–H groups in total. The normalized spacial score (nSPS) is 23.5. The second-order valence-corrected chi connectivity index (χ2v) is 7.36. The number of sulfonamides is 1. The van der Waals surface area contributed by atoms with E-state index in [-0.39, 0.29) is 11.1 Å². The highest BCUT2D eigenvalue weighted by Crippen LogP contribution is 2.25. The van der Waals surface area contributed by atoms with Crippen LogP contribution in [0.5, 0.6) is 0 Å². The maximum Gasteiger partial charge on any atom is 0.260 e. The molecule has 1 aliphatic rings. The van der Waals surface area contributed by atoms with Crippen molar-refractivity contribution in [1.82, 2.24) is 9.71 Å². The van der Waals surface area contributed by atoms with E-state index < -0.39 is 10.0 Å². The van der Waals surface area contributed by atoms with Crippen molar-refractivity contribution < 1.29 is 8.42 Å². The molecule has 0 saturated heterocycles. The fraction of sp³-hybridized carbons (Fsp3) is 0.667. The first kappa shape index (κ1) is 16.2. The first-order chi connectivity index (χ1) is 10.0. The van der Waals surface area contributed by atoms with Gasteiger partial charge in [-0.2, -0.15) is 0 Å². The smallest absolute Gasteiger partial charge is 0.260 e. The van der Waals surface area contributed by atoms with E-state index in [1.807, 2.05) is 6.92 Å². The highest BCUT2D eigenvalue weighted by atomic mass is 32.2. The molecule has 21 heavy (non-hydrogen) atoms. The molecular weight excluding hydrogens is 286 g/mol. The van der Waals surface area contributed by atoms with Crippen LogP contribution >= 0.6 is 0 Å². The fourth-order valence-corrected chi connectivity index (χ4v) is 4.34. The quantitative estimate of drug-likeness (QED) is 0.820. The summed E-state index contributed by atoms with van der Waals surface area (Å²) in [6, 6.07) is 3.50. The SMILES string of the molecule is CCNc1cccnc1S(=O)(=O)NC1CCCCCC1C. The Morgan fingerprint density at radius 3 is 2.81 bits per heavy atom. The molecule has 5 nitrogen and oxygen atoms in total. The van der Waals surface area contributed by atoms with Gasteiger partial charge in [-0.1, -0.05) is 26.2 Å². The zero-order chi connectivity index (χ0) is 15.3. The lowest BCUT2D eigenvalue weighted by Crippen LogP contribution is -2.39. The van der Waals surface area contributed by atoms with Crippen LogP contribution in [-0.4, -0.2) is 26.0 Å². The van der Waals surface area contributed by atoms with E-state index in [0.29, 0.717) is 18.2 Å². The summed E-state index contributed by atoms with van der Waals surface area (Å²) in [7, 11) is -3.59. The van der Waals surface area contributed by atoms with Gasteiger partial charge in [0.2, 0.25) is 0 Å². The molecule has 6 heteroatoms. The number of pyridine rings is 1. The third-order valence-electron chi connectivity index (χ3n) is 4.06. The van der Waals surface area contributed by atoms with Crippen molar-refractivity contribution in [3.05, 3.63) is 18.3 Å². The van der Waals surface area contributed by atoms with Gasteiger partial charge in [-0.25, -0.2) is 18.1 Å². The lowest BCUT2D eigenvalue weighted by molar-refractivity contribution is 0.399. The molecule has 2 rings (SSSR count). The molecule has 0 radical (unpaired) electrons. The number of hydrogen-bond donors (Lipinski definition) is 2. The third kappa shape index (κ3) is 4.17. The predicted molar refractivity (Wildman–Crippen MR) is 84.8 cm³/mol. The van der Waals surface area contributed by atoms with E-state index in [4.69, 9.17) is 0 Å². The highest BCUT2D eigenvalue weighted by molar-refractivity contribution is 7.89. The lowest BCUT2D eigenvalue weighted by Gasteiger charge is -2.23. The van der Waals surface area contributed by atoms with Crippen molar-refractivity contribution in [1.29, 1.82) is 0 Å². The first-order valence-corrected chi connectivity index (χ1v) is 9.24. The van der Waals surface area contributed by atoms with E-state index >= 15 is 0 Å². The van der Waals surface area contributed by atoms with Crippen molar-refractivity contribution in [3.8, 4) is 0 Å². The minimum Gasteiger partial charge on any atom is -0.383 e. The van der Waals surface area contributed by atoms with Crippen LogP contribution in [0.15, 0.2) is 23.4 Å². The van der Waals surface area contributed by atoms with E-state index in [1.54, 1.807) is 12.1 Å². The number of rotatable bonds is 5. The Labute approximate surface area is 127 Å². The van der Waals surface area contributed by atoms with E-state index in [1.165, 1.54) is 19.0 Å². The Balaban J connectivity index is 2.21. The molecule has 0 spiro atoms. The lowest BCUT2D eigenvalue weighted by atomic mass is 9.98. The summed E-state index contributed by atoms with van der Waals surface area (Å²) < 4.78 is 28.2. The minimum absolute atomic E-state index is 0.00832. The summed E-state index contributed by atoms with van der Waals surface area (Å²) in [5, 5.41) is 3.16. The average molecular weight is 311 g/mol. The molecule has 1 saturated carbocycles. The van der Waals surface area contributed by atoms with E-state index in [0.717, 1.165) is 19.3 Å². The summed E-state index contributed by atoms with van der Waals surface area (Å²) in [5.74, 6) is 0.369. The zero-order valence-electron chi connectivity index (χ0n) is 12.8. The van der Waals surface area contributed by atoms with Gasteiger partial charge in [0.25, 0.3) is 10.0 Å². The minimum atomic E-state index is -3.59. The second-order valence-electron chi connectivity index (χ2n) is 5.73. The predicted octanol–water partition coefficient (Wildman–Crippen LogP) is 2.76. The summed E-state index contributed by atoms with van der Waals surface area (Å²) in [6.45, 7) is 4.72. The molecule has 2 atom stereocenters. The van der Waals surface area contributed by atoms with Crippen LogP contribution in [-0.2, 0) is 10.0 Å². The zero-order valence-corrected chi connectivity index (χ0v) is 13.6. The van der Waals surface area contributed by atoms with Crippen LogP contribution in [0.25, 0.3) is 0 Å². The standard InChI is InChI=1S/C15H25N3O2S/c1-3-16-14-10-7-11-17-15(14)21(19,20)18-13-9-6-4-5-8-12(13)2/h7,10-13,16,18H,3-6,8-9H2,1-2H3. The number of anilines is 1. The molecule has 0 aromatic carbocycles. The van der Waals surface area contributed by atoms with Gasteiger partial charge >= 0.3 is 0 Å². The van der Waals surface area contributed by atoms with Gasteiger partial charge in [0.15, 0.2) is 5.03 Å². The van der Waals surface area contributed by atoms with Crippen molar-refractivity contribution >= 4 is 15.7 Å². The molecule has 1 fully saturated rings. The van der Waals surface area contributed by atoms with Crippen molar-refractivity contribution in [3.63, 3.8) is 0 Å². The van der Waals surface area contributed by atoms with Gasteiger partial charge in [0.05, 0.1) is 5.69 Å². The van der Waals surface area contributed by atoms with Crippen molar-refractivity contribution in [2.75, 3.05) is 11.9 Å². The van der Waals surface area contributed by atoms with Crippen LogP contribution in [0.4, 0.5) is 5.69 Å². The Bertz CT molecular complexity index is 560. The topological polar surface area (TPSA) is 71.1 Å². The number of nitrogens with zero attached hydrogens (tertiary/aromatic N) is 1. The number of hydrogen-bond acceptors (Lipinski definition) is 4. The van der Waals surface area contributed by atoms with Crippen LogP contribution in [0.3, 0.4) is 0 Å². The van der Waals surface area contributed by atoms with Gasteiger partial charge in [0, 0.05) is 18.8 Å².